The minimum Gasteiger partial charge on any atom is -0.489 e. The van der Waals surface area contributed by atoms with Crippen LogP contribution in [0.5, 0.6) is 11.5 Å². The van der Waals surface area contributed by atoms with Crippen LogP contribution in [-0.2, 0) is 34.0 Å². The van der Waals surface area contributed by atoms with Crippen molar-refractivity contribution in [1.29, 1.82) is 0 Å². The SMILES string of the molecule is NC(=O)C[C@H](NC(=O)CCc1ccc(OCc2ccccc2)cc1OCc1ccccc1)C(=O)N1CCN(c2ccccc2)CC1. The second-order valence-corrected chi connectivity index (χ2v) is 11.3. The van der Waals surface area contributed by atoms with Crippen LogP contribution in [-0.4, -0.2) is 54.8 Å². The second kappa shape index (κ2) is 16.1. The third-order valence-corrected chi connectivity index (χ3v) is 7.90. The van der Waals surface area contributed by atoms with Gasteiger partial charge in [-0.3, -0.25) is 14.4 Å². The number of anilines is 1. The molecule has 1 aliphatic rings. The number of aryl methyl sites for hydroxylation is 1. The summed E-state index contributed by atoms with van der Waals surface area (Å²) in [6.07, 6.45) is 0.195. The van der Waals surface area contributed by atoms with Crippen LogP contribution in [0.25, 0.3) is 0 Å². The van der Waals surface area contributed by atoms with Crippen molar-refractivity contribution in [3.63, 3.8) is 0 Å². The summed E-state index contributed by atoms with van der Waals surface area (Å²) in [6.45, 7) is 3.05. The Balaban J connectivity index is 1.20. The van der Waals surface area contributed by atoms with Crippen LogP contribution in [0.1, 0.15) is 29.5 Å². The number of benzene rings is 4. The van der Waals surface area contributed by atoms with Crippen LogP contribution >= 0.6 is 0 Å². The molecule has 0 bridgehead atoms. The first-order chi connectivity index (χ1) is 22.4. The third kappa shape index (κ3) is 9.34. The molecule has 1 atom stereocenters. The van der Waals surface area contributed by atoms with E-state index in [-0.39, 0.29) is 24.7 Å². The van der Waals surface area contributed by atoms with Crippen molar-refractivity contribution in [2.75, 3.05) is 31.1 Å². The number of nitrogens with two attached hydrogens (primary N) is 1. The average Bonchev–Trinajstić information content (AvgIpc) is 3.10. The smallest absolute Gasteiger partial charge is 0.245 e. The number of hydrogen-bond acceptors (Lipinski definition) is 6. The fourth-order valence-electron chi connectivity index (χ4n) is 5.40. The van der Waals surface area contributed by atoms with E-state index in [1.807, 2.05) is 109 Å². The number of nitrogens with one attached hydrogen (secondary N) is 1. The van der Waals surface area contributed by atoms with Gasteiger partial charge in [0, 0.05) is 44.4 Å². The highest BCUT2D eigenvalue weighted by molar-refractivity contribution is 5.92. The van der Waals surface area contributed by atoms with Crippen LogP contribution < -0.4 is 25.4 Å². The summed E-state index contributed by atoms with van der Waals surface area (Å²) >= 11 is 0. The van der Waals surface area contributed by atoms with Crippen molar-refractivity contribution < 1.29 is 23.9 Å². The second-order valence-electron chi connectivity index (χ2n) is 11.3. The molecule has 0 spiro atoms. The van der Waals surface area contributed by atoms with Gasteiger partial charge >= 0.3 is 0 Å². The summed E-state index contributed by atoms with van der Waals surface area (Å²) in [5.74, 6) is -0.0280. The van der Waals surface area contributed by atoms with Crippen molar-refractivity contribution in [3.05, 3.63) is 126 Å². The molecule has 9 nitrogen and oxygen atoms in total. The number of piperazine rings is 1. The molecule has 1 aliphatic heterocycles. The van der Waals surface area contributed by atoms with Gasteiger partial charge in [0.05, 0.1) is 6.42 Å². The molecular weight excluding hydrogens is 580 g/mol. The van der Waals surface area contributed by atoms with Gasteiger partial charge in [0.2, 0.25) is 17.7 Å². The van der Waals surface area contributed by atoms with Gasteiger partial charge in [-0.05, 0) is 41.3 Å². The van der Waals surface area contributed by atoms with E-state index in [2.05, 4.69) is 10.2 Å². The summed E-state index contributed by atoms with van der Waals surface area (Å²) in [5.41, 5.74) is 9.46. The largest absolute Gasteiger partial charge is 0.489 e. The zero-order chi connectivity index (χ0) is 32.1. The molecule has 4 aromatic rings. The van der Waals surface area contributed by atoms with E-state index in [0.717, 1.165) is 22.4 Å². The Morgan fingerprint density at radius 3 is 1.93 bits per heavy atom. The normalized spacial score (nSPS) is 13.5. The molecule has 3 amide bonds. The Morgan fingerprint density at radius 2 is 1.33 bits per heavy atom. The van der Waals surface area contributed by atoms with E-state index < -0.39 is 11.9 Å². The van der Waals surface area contributed by atoms with E-state index in [0.29, 0.717) is 57.3 Å². The minimum atomic E-state index is -1.02. The zero-order valence-corrected chi connectivity index (χ0v) is 25.8. The molecule has 1 heterocycles. The lowest BCUT2D eigenvalue weighted by molar-refractivity contribution is -0.138. The van der Waals surface area contributed by atoms with Gasteiger partial charge < -0.3 is 30.3 Å². The quantitative estimate of drug-likeness (QED) is 0.215. The fourth-order valence-corrected chi connectivity index (χ4v) is 5.40. The molecule has 1 fully saturated rings. The number of rotatable bonds is 14. The van der Waals surface area contributed by atoms with Gasteiger partial charge in [-0.25, -0.2) is 0 Å². The summed E-state index contributed by atoms with van der Waals surface area (Å²) in [7, 11) is 0. The Morgan fingerprint density at radius 1 is 0.739 bits per heavy atom. The predicted octanol–water partition coefficient (Wildman–Crippen LogP) is 4.49. The Kier molecular flexibility index (Phi) is 11.3. The number of ether oxygens (including phenoxy) is 2. The van der Waals surface area contributed by atoms with Crippen LogP contribution in [0, 0.1) is 0 Å². The Labute approximate surface area is 269 Å². The van der Waals surface area contributed by atoms with Crippen LogP contribution in [0.15, 0.2) is 109 Å². The Hall–Kier alpha value is -5.31. The number of para-hydroxylation sites is 1. The molecule has 238 valence electrons. The van der Waals surface area contributed by atoms with Gasteiger partial charge in [-0.1, -0.05) is 84.9 Å². The molecule has 1 saturated heterocycles. The highest BCUT2D eigenvalue weighted by Gasteiger charge is 2.30. The lowest BCUT2D eigenvalue weighted by Gasteiger charge is -2.37. The molecule has 3 N–H and O–H groups in total. The molecular formula is C37H40N4O5. The summed E-state index contributed by atoms with van der Waals surface area (Å²) in [5, 5.41) is 2.78. The van der Waals surface area contributed by atoms with Gasteiger partial charge in [0.25, 0.3) is 0 Å². The highest BCUT2D eigenvalue weighted by atomic mass is 16.5. The maximum absolute atomic E-state index is 13.4. The van der Waals surface area contributed by atoms with Gasteiger partial charge in [-0.15, -0.1) is 0 Å². The van der Waals surface area contributed by atoms with Gasteiger partial charge in [-0.2, -0.15) is 0 Å². The predicted molar refractivity (Wildman–Crippen MR) is 177 cm³/mol. The van der Waals surface area contributed by atoms with Crippen LogP contribution in [0.4, 0.5) is 5.69 Å². The van der Waals surface area contributed by atoms with Crippen molar-refractivity contribution in [2.24, 2.45) is 5.73 Å². The van der Waals surface area contributed by atoms with Crippen LogP contribution in [0.2, 0.25) is 0 Å². The summed E-state index contributed by atoms with van der Waals surface area (Å²) in [6, 6.07) is 34.3. The van der Waals surface area contributed by atoms with Crippen molar-refractivity contribution in [3.8, 4) is 11.5 Å². The highest BCUT2D eigenvalue weighted by Crippen LogP contribution is 2.28. The summed E-state index contributed by atoms with van der Waals surface area (Å²) in [4.78, 5) is 42.3. The van der Waals surface area contributed by atoms with Gasteiger partial charge in [0.15, 0.2) is 0 Å². The molecule has 0 saturated carbocycles. The first-order valence-electron chi connectivity index (χ1n) is 15.6. The van der Waals surface area contributed by atoms with E-state index >= 15 is 0 Å². The molecule has 4 aromatic carbocycles. The van der Waals surface area contributed by atoms with Crippen molar-refractivity contribution >= 4 is 23.4 Å². The average molecular weight is 621 g/mol. The maximum atomic E-state index is 13.4. The van der Waals surface area contributed by atoms with E-state index in [4.69, 9.17) is 15.2 Å². The number of hydrogen-bond donors (Lipinski definition) is 2. The number of primary amides is 1. The lowest BCUT2D eigenvalue weighted by Crippen LogP contribution is -2.55. The maximum Gasteiger partial charge on any atom is 0.245 e. The molecule has 0 aliphatic carbocycles. The number of carbonyl (C=O) groups excluding carboxylic acids is 3. The number of amides is 3. The standard InChI is InChI=1S/C37H40N4O5/c38-35(42)25-33(37(44)41-22-20-40(21-23-41)31-14-8-3-9-15-31)39-36(43)19-17-30-16-18-32(45-26-28-10-4-1-5-11-28)24-34(30)46-27-29-12-6-2-7-13-29/h1-16,18,24,33H,17,19-23,25-27H2,(H2,38,42)(H,39,43)/t33-/m0/s1. The van der Waals surface area contributed by atoms with Crippen LogP contribution in [0.3, 0.4) is 0 Å². The zero-order valence-electron chi connectivity index (χ0n) is 25.8. The van der Waals surface area contributed by atoms with E-state index in [1.165, 1.54) is 0 Å². The Bertz CT molecular complexity index is 1580. The first kappa shape index (κ1) is 32.1. The van der Waals surface area contributed by atoms with E-state index in [9.17, 15) is 14.4 Å². The topological polar surface area (TPSA) is 114 Å². The number of nitrogens with zero attached hydrogens (tertiary/aromatic N) is 2. The van der Waals surface area contributed by atoms with Gasteiger partial charge in [0.1, 0.15) is 30.8 Å². The van der Waals surface area contributed by atoms with Crippen molar-refractivity contribution in [2.45, 2.75) is 38.5 Å². The molecule has 46 heavy (non-hydrogen) atoms. The monoisotopic (exact) mass is 620 g/mol. The van der Waals surface area contributed by atoms with Crippen molar-refractivity contribution in [1.82, 2.24) is 10.2 Å². The lowest BCUT2D eigenvalue weighted by atomic mass is 10.1. The fraction of sp³-hybridized carbons (Fsp3) is 0.270. The summed E-state index contributed by atoms with van der Waals surface area (Å²) < 4.78 is 12.2. The molecule has 0 aromatic heterocycles. The van der Waals surface area contributed by atoms with E-state index in [1.54, 1.807) is 4.90 Å². The molecule has 9 heteroatoms. The minimum absolute atomic E-state index is 0.0935. The molecule has 5 rings (SSSR count). The number of carbonyl (C=O) groups is 3. The molecule has 0 radical (unpaired) electrons. The third-order valence-electron chi connectivity index (χ3n) is 7.90. The first-order valence-corrected chi connectivity index (χ1v) is 15.6. The molecule has 0 unspecified atom stereocenters.